The molecule has 0 amide bonds. The predicted octanol–water partition coefficient (Wildman–Crippen LogP) is 3.32. The number of alkyl halides is 3. The van der Waals surface area contributed by atoms with E-state index in [0.29, 0.717) is 10.8 Å². The summed E-state index contributed by atoms with van der Waals surface area (Å²) in [5, 5.41) is 0.409. The molecule has 2 N–H and O–H groups in total. The number of rotatable bonds is 6. The summed E-state index contributed by atoms with van der Waals surface area (Å²) in [6.07, 6.45) is -4.04. The lowest BCUT2D eigenvalue weighted by Crippen LogP contribution is -2.19. The molecule has 0 aliphatic heterocycles. The molecule has 0 aliphatic carbocycles. The zero-order valence-corrected chi connectivity index (χ0v) is 11.1. The molecule has 19 heavy (non-hydrogen) atoms. The van der Waals surface area contributed by atoms with E-state index in [-0.39, 0.29) is 13.0 Å². The number of nitrogens with two attached hydrogens (primary N) is 1. The SMILES string of the molecule is COc1ccc(C(N)CCOCC(F)(F)F)cc1Cl. The molecule has 0 aromatic heterocycles. The molecule has 1 unspecified atom stereocenters. The summed E-state index contributed by atoms with van der Waals surface area (Å²) in [6.45, 7) is -1.33. The molecule has 1 aromatic rings. The Hall–Kier alpha value is -0.980. The summed E-state index contributed by atoms with van der Waals surface area (Å²) >= 11 is 5.93. The molecule has 0 saturated heterocycles. The van der Waals surface area contributed by atoms with Crippen molar-refractivity contribution < 1.29 is 22.6 Å². The summed E-state index contributed by atoms with van der Waals surface area (Å²) in [4.78, 5) is 0. The summed E-state index contributed by atoms with van der Waals surface area (Å²) in [5.41, 5.74) is 6.57. The molecule has 0 aliphatic rings. The van der Waals surface area contributed by atoms with E-state index in [9.17, 15) is 13.2 Å². The lowest BCUT2D eigenvalue weighted by atomic mass is 10.1. The molecule has 108 valence electrons. The van der Waals surface area contributed by atoms with Crippen LogP contribution in [0, 0.1) is 0 Å². The van der Waals surface area contributed by atoms with Gasteiger partial charge in [-0.25, -0.2) is 0 Å². The minimum absolute atomic E-state index is 0.0652. The first-order valence-electron chi connectivity index (χ1n) is 5.57. The van der Waals surface area contributed by atoms with Crippen molar-refractivity contribution in [2.45, 2.75) is 18.6 Å². The van der Waals surface area contributed by atoms with Crippen molar-refractivity contribution in [2.75, 3.05) is 20.3 Å². The molecule has 0 saturated carbocycles. The van der Waals surface area contributed by atoms with Crippen LogP contribution in [0.15, 0.2) is 18.2 Å². The van der Waals surface area contributed by atoms with Gasteiger partial charge in [0.15, 0.2) is 0 Å². The van der Waals surface area contributed by atoms with E-state index in [1.165, 1.54) is 7.11 Å². The number of halogens is 4. The van der Waals surface area contributed by atoms with Crippen molar-refractivity contribution in [3.05, 3.63) is 28.8 Å². The quantitative estimate of drug-likeness (QED) is 0.819. The van der Waals surface area contributed by atoms with Crippen molar-refractivity contribution in [1.29, 1.82) is 0 Å². The molecule has 0 radical (unpaired) electrons. The average molecular weight is 298 g/mol. The molecular formula is C12H15ClF3NO2. The van der Waals surface area contributed by atoms with Crippen LogP contribution in [0.2, 0.25) is 5.02 Å². The standard InChI is InChI=1S/C12H15ClF3NO2/c1-18-11-3-2-8(6-9(11)13)10(17)4-5-19-7-12(14,15)16/h2-3,6,10H,4-5,7,17H2,1H3. The number of benzene rings is 1. The van der Waals surface area contributed by atoms with Crippen molar-refractivity contribution in [2.24, 2.45) is 5.73 Å². The summed E-state index contributed by atoms with van der Waals surface area (Å²) in [6, 6.07) is 4.58. The van der Waals surface area contributed by atoms with Gasteiger partial charge in [0.05, 0.1) is 12.1 Å². The molecule has 1 rings (SSSR count). The molecule has 0 heterocycles. The highest BCUT2D eigenvalue weighted by Crippen LogP contribution is 2.27. The van der Waals surface area contributed by atoms with Gasteiger partial charge in [-0.3, -0.25) is 0 Å². The lowest BCUT2D eigenvalue weighted by molar-refractivity contribution is -0.174. The van der Waals surface area contributed by atoms with Gasteiger partial charge < -0.3 is 15.2 Å². The number of hydrogen-bond donors (Lipinski definition) is 1. The van der Waals surface area contributed by atoms with Crippen molar-refractivity contribution >= 4 is 11.6 Å². The van der Waals surface area contributed by atoms with Crippen LogP contribution >= 0.6 is 11.6 Å². The molecule has 1 aromatic carbocycles. The normalized spacial score (nSPS) is 13.4. The van der Waals surface area contributed by atoms with Crippen LogP contribution in [-0.2, 0) is 4.74 Å². The first-order chi connectivity index (χ1) is 8.83. The second-order valence-corrected chi connectivity index (χ2v) is 4.36. The summed E-state index contributed by atoms with van der Waals surface area (Å²) in [7, 11) is 1.49. The zero-order chi connectivity index (χ0) is 14.5. The van der Waals surface area contributed by atoms with E-state index >= 15 is 0 Å². The Morgan fingerprint density at radius 3 is 2.58 bits per heavy atom. The lowest BCUT2D eigenvalue weighted by Gasteiger charge is -2.14. The van der Waals surface area contributed by atoms with Gasteiger partial charge in [0, 0.05) is 12.6 Å². The van der Waals surface area contributed by atoms with Gasteiger partial charge >= 0.3 is 6.18 Å². The van der Waals surface area contributed by atoms with Gasteiger partial charge in [0.2, 0.25) is 0 Å². The molecule has 1 atom stereocenters. The Bertz CT molecular complexity index is 412. The van der Waals surface area contributed by atoms with Crippen molar-refractivity contribution in [3.8, 4) is 5.75 Å². The fourth-order valence-corrected chi connectivity index (χ4v) is 1.74. The minimum Gasteiger partial charge on any atom is -0.495 e. The van der Waals surface area contributed by atoms with Gasteiger partial charge in [-0.15, -0.1) is 0 Å². The molecule has 3 nitrogen and oxygen atoms in total. The van der Waals surface area contributed by atoms with Crippen LogP contribution in [0.4, 0.5) is 13.2 Å². The predicted molar refractivity (Wildman–Crippen MR) is 66.4 cm³/mol. The number of hydrogen-bond acceptors (Lipinski definition) is 3. The highest BCUT2D eigenvalue weighted by Gasteiger charge is 2.27. The summed E-state index contributed by atoms with van der Waals surface area (Å²) < 4.78 is 45.1. The Kier molecular flexibility index (Phi) is 5.90. The van der Waals surface area contributed by atoms with Crippen LogP contribution in [0.25, 0.3) is 0 Å². The maximum Gasteiger partial charge on any atom is 0.411 e. The van der Waals surface area contributed by atoms with Crippen molar-refractivity contribution in [3.63, 3.8) is 0 Å². The van der Waals surface area contributed by atoms with Gasteiger partial charge in [0.25, 0.3) is 0 Å². The molecule has 0 spiro atoms. The van der Waals surface area contributed by atoms with E-state index in [4.69, 9.17) is 22.1 Å². The second-order valence-electron chi connectivity index (χ2n) is 3.96. The van der Waals surface area contributed by atoms with Crippen LogP contribution < -0.4 is 10.5 Å². The molecule has 7 heteroatoms. The fraction of sp³-hybridized carbons (Fsp3) is 0.500. The van der Waals surface area contributed by atoms with Crippen LogP contribution in [-0.4, -0.2) is 26.5 Å². The van der Waals surface area contributed by atoms with Gasteiger partial charge in [-0.05, 0) is 24.1 Å². The first-order valence-corrected chi connectivity index (χ1v) is 5.95. The minimum atomic E-state index is -4.31. The Morgan fingerprint density at radius 1 is 1.37 bits per heavy atom. The van der Waals surface area contributed by atoms with Crippen LogP contribution in [0.1, 0.15) is 18.0 Å². The third-order valence-corrected chi connectivity index (χ3v) is 2.74. The third kappa shape index (κ3) is 5.67. The van der Waals surface area contributed by atoms with Gasteiger partial charge in [-0.2, -0.15) is 13.2 Å². The number of ether oxygens (including phenoxy) is 2. The maximum atomic E-state index is 11.9. The van der Waals surface area contributed by atoms with E-state index in [0.717, 1.165) is 5.56 Å². The fourth-order valence-electron chi connectivity index (χ4n) is 1.48. The Morgan fingerprint density at radius 2 is 2.05 bits per heavy atom. The molecule has 0 fully saturated rings. The Balaban J connectivity index is 2.45. The van der Waals surface area contributed by atoms with Crippen molar-refractivity contribution in [1.82, 2.24) is 0 Å². The van der Waals surface area contributed by atoms with E-state index < -0.39 is 18.8 Å². The number of methoxy groups -OCH3 is 1. The van der Waals surface area contributed by atoms with Crippen LogP contribution in [0.3, 0.4) is 0 Å². The highest BCUT2D eigenvalue weighted by atomic mass is 35.5. The third-order valence-electron chi connectivity index (χ3n) is 2.44. The van der Waals surface area contributed by atoms with E-state index in [1.807, 2.05) is 0 Å². The van der Waals surface area contributed by atoms with Gasteiger partial charge in [0.1, 0.15) is 12.4 Å². The molecule has 0 bridgehead atoms. The largest absolute Gasteiger partial charge is 0.495 e. The monoisotopic (exact) mass is 297 g/mol. The summed E-state index contributed by atoms with van der Waals surface area (Å²) in [5.74, 6) is 0.519. The second kappa shape index (κ2) is 6.98. The van der Waals surface area contributed by atoms with Crippen LogP contribution in [0.5, 0.6) is 5.75 Å². The first kappa shape index (κ1) is 16.1. The Labute approximate surface area is 114 Å². The zero-order valence-electron chi connectivity index (χ0n) is 10.3. The molecular weight excluding hydrogens is 283 g/mol. The maximum absolute atomic E-state index is 11.9. The highest BCUT2D eigenvalue weighted by molar-refractivity contribution is 6.32. The van der Waals surface area contributed by atoms with E-state index in [2.05, 4.69) is 4.74 Å². The average Bonchev–Trinajstić information content (AvgIpc) is 2.33. The smallest absolute Gasteiger partial charge is 0.411 e. The topological polar surface area (TPSA) is 44.5 Å². The van der Waals surface area contributed by atoms with Gasteiger partial charge in [-0.1, -0.05) is 17.7 Å². The van der Waals surface area contributed by atoms with E-state index in [1.54, 1.807) is 18.2 Å².